The van der Waals surface area contributed by atoms with Crippen molar-refractivity contribution in [3.63, 3.8) is 0 Å². The number of amides is 1. The number of allylic oxidation sites excluding steroid dienone is 1. The second-order valence-corrected chi connectivity index (χ2v) is 17.0. The zero-order valence-electron chi connectivity index (χ0n) is 31.0. The average Bonchev–Trinajstić information content (AvgIpc) is 3.43. The molecule has 7 nitrogen and oxygen atoms in total. The largest absolute Gasteiger partial charge is 0.462 e. The van der Waals surface area contributed by atoms with Crippen LogP contribution < -0.4 is 16.8 Å². The van der Waals surface area contributed by atoms with E-state index in [1.54, 1.807) is 5.57 Å². The van der Waals surface area contributed by atoms with E-state index in [2.05, 4.69) is 46.0 Å². The third-order valence-electron chi connectivity index (χ3n) is 13.2. The Morgan fingerprint density at radius 2 is 1.66 bits per heavy atom. The normalized spacial score (nSPS) is 32.3. The number of unbranched alkanes of at least 4 members (excludes halogenated alkanes) is 1. The van der Waals surface area contributed by atoms with Crippen molar-refractivity contribution < 1.29 is 14.3 Å². The van der Waals surface area contributed by atoms with Gasteiger partial charge in [-0.05, 0) is 137 Å². The van der Waals surface area contributed by atoms with Crippen molar-refractivity contribution in [3.8, 4) is 0 Å². The van der Waals surface area contributed by atoms with Gasteiger partial charge in [0, 0.05) is 19.5 Å². The van der Waals surface area contributed by atoms with Crippen molar-refractivity contribution in [2.24, 2.45) is 57.8 Å². The fourth-order valence-electron chi connectivity index (χ4n) is 10.4. The van der Waals surface area contributed by atoms with Crippen LogP contribution in [-0.2, 0) is 14.3 Å². The smallest absolute Gasteiger partial charge is 0.315 e. The Morgan fingerprint density at radius 3 is 2.40 bits per heavy atom. The van der Waals surface area contributed by atoms with Gasteiger partial charge in [-0.2, -0.15) is 0 Å². The van der Waals surface area contributed by atoms with Crippen LogP contribution in [0.15, 0.2) is 11.6 Å². The molecular weight excluding hydrogens is 584 g/mol. The van der Waals surface area contributed by atoms with Crippen LogP contribution in [0.5, 0.6) is 0 Å². The Kier molecular flexibility index (Phi) is 14.7. The minimum Gasteiger partial charge on any atom is -0.462 e. The number of ether oxygens (including phenoxy) is 1. The lowest BCUT2D eigenvalue weighted by Crippen LogP contribution is -2.53. The van der Waals surface area contributed by atoms with Crippen LogP contribution in [0.2, 0.25) is 0 Å². The van der Waals surface area contributed by atoms with Gasteiger partial charge in [0.2, 0.25) is 5.91 Å². The van der Waals surface area contributed by atoms with Gasteiger partial charge in [0.15, 0.2) is 0 Å². The molecule has 0 heterocycles. The maximum Gasteiger partial charge on any atom is 0.315 e. The summed E-state index contributed by atoms with van der Waals surface area (Å²) < 4.78 is 6.13. The van der Waals surface area contributed by atoms with Crippen molar-refractivity contribution in [2.75, 3.05) is 39.3 Å². The molecule has 4 aliphatic carbocycles. The van der Waals surface area contributed by atoms with Crippen LogP contribution >= 0.6 is 0 Å². The van der Waals surface area contributed by atoms with Gasteiger partial charge in [-0.1, -0.05) is 72.0 Å². The van der Waals surface area contributed by atoms with Crippen molar-refractivity contribution in [1.82, 2.24) is 10.2 Å². The summed E-state index contributed by atoms with van der Waals surface area (Å²) >= 11 is 0. The Bertz CT molecular complexity index is 1030. The number of hydrogen-bond acceptors (Lipinski definition) is 6. The molecule has 3 fully saturated rings. The summed E-state index contributed by atoms with van der Waals surface area (Å²) in [5.74, 6) is 3.96. The SMILES string of the molecule is CC(C)CCC[C@@H](C)C1C=C2C[C@@H](OC(=O)CC(=O)N(CCCN)CCCCNCCCN)CC[C@]2(C)[C@H]2CC[C@@]3(C)CCC[C@H]3[C@H]12. The molecule has 47 heavy (non-hydrogen) atoms. The number of carbonyl (C=O) groups excluding carboxylic acids is 2. The standard InChI is InChI=1S/C40H72N4O3/c1-29(2)12-8-13-30(3)33-27-31-26-32(15-19-40(31,5)35-16-18-39(4)17-9-14-34(39)38(33)35)47-37(46)28-36(45)44(25-11-21-42)24-7-6-22-43-23-10-20-41/h27,29-30,32-35,38,43H,6-26,28,41-42H2,1-5H3/t30-,32+,33?,34+,35+,38+,39-,40+/m1/s1. The number of fused-ring (bicyclic) bond motifs is 5. The van der Waals surface area contributed by atoms with E-state index < -0.39 is 0 Å². The molecular formula is C40H72N4O3. The summed E-state index contributed by atoms with van der Waals surface area (Å²) in [5.41, 5.74) is 13.6. The molecule has 1 amide bonds. The Balaban J connectivity index is 1.39. The third kappa shape index (κ3) is 9.84. The van der Waals surface area contributed by atoms with E-state index in [-0.39, 0.29) is 29.8 Å². The van der Waals surface area contributed by atoms with Crippen LogP contribution in [0.3, 0.4) is 0 Å². The number of rotatable bonds is 19. The summed E-state index contributed by atoms with van der Waals surface area (Å²) in [6.45, 7) is 16.7. The van der Waals surface area contributed by atoms with Crippen molar-refractivity contribution >= 4 is 11.9 Å². The van der Waals surface area contributed by atoms with Gasteiger partial charge in [-0.15, -0.1) is 0 Å². The predicted octanol–water partition coefficient (Wildman–Crippen LogP) is 7.23. The fraction of sp³-hybridized carbons (Fsp3) is 0.900. The highest BCUT2D eigenvalue weighted by molar-refractivity contribution is 5.94. The van der Waals surface area contributed by atoms with Crippen molar-refractivity contribution in [1.29, 1.82) is 0 Å². The first-order valence-corrected chi connectivity index (χ1v) is 19.8. The molecule has 0 aromatic rings. The molecule has 0 saturated heterocycles. The van der Waals surface area contributed by atoms with E-state index in [4.69, 9.17) is 16.2 Å². The molecule has 270 valence electrons. The van der Waals surface area contributed by atoms with Crippen LogP contribution in [-0.4, -0.2) is 62.1 Å². The lowest BCUT2D eigenvalue weighted by atomic mass is 9.45. The van der Waals surface area contributed by atoms with E-state index in [1.807, 2.05) is 4.90 Å². The highest BCUT2D eigenvalue weighted by Gasteiger charge is 2.59. The minimum atomic E-state index is -0.364. The van der Waals surface area contributed by atoms with Gasteiger partial charge < -0.3 is 26.4 Å². The van der Waals surface area contributed by atoms with E-state index in [0.717, 1.165) is 81.7 Å². The van der Waals surface area contributed by atoms with E-state index in [1.165, 1.54) is 51.4 Å². The van der Waals surface area contributed by atoms with Gasteiger partial charge in [0.1, 0.15) is 12.5 Å². The molecule has 0 aliphatic heterocycles. The molecule has 8 atom stereocenters. The maximum absolute atomic E-state index is 13.2. The number of nitrogens with one attached hydrogen (secondary N) is 1. The number of esters is 1. The number of nitrogens with two attached hydrogens (primary N) is 2. The molecule has 0 radical (unpaired) electrons. The highest BCUT2D eigenvalue weighted by Crippen LogP contribution is 2.67. The lowest BCUT2D eigenvalue weighted by molar-refractivity contribution is -0.155. The highest BCUT2D eigenvalue weighted by atomic mass is 16.5. The van der Waals surface area contributed by atoms with Crippen molar-refractivity contribution in [3.05, 3.63) is 11.6 Å². The molecule has 5 N–H and O–H groups in total. The maximum atomic E-state index is 13.2. The Hall–Kier alpha value is -1.44. The van der Waals surface area contributed by atoms with Crippen molar-refractivity contribution in [2.45, 2.75) is 143 Å². The zero-order valence-corrected chi connectivity index (χ0v) is 31.0. The number of nitrogens with zero attached hydrogens (tertiary/aromatic N) is 1. The van der Waals surface area contributed by atoms with Crippen LogP contribution in [0.1, 0.15) is 137 Å². The second-order valence-electron chi connectivity index (χ2n) is 17.0. The van der Waals surface area contributed by atoms with Gasteiger partial charge >= 0.3 is 5.97 Å². The molecule has 7 heteroatoms. The number of hydrogen-bond donors (Lipinski definition) is 3. The Morgan fingerprint density at radius 1 is 0.915 bits per heavy atom. The molecule has 0 bridgehead atoms. The average molecular weight is 657 g/mol. The predicted molar refractivity (Wildman–Crippen MR) is 194 cm³/mol. The molecule has 4 aliphatic rings. The first-order valence-electron chi connectivity index (χ1n) is 19.8. The van der Waals surface area contributed by atoms with Gasteiger partial charge in [0.05, 0.1) is 0 Å². The summed E-state index contributed by atoms with van der Waals surface area (Å²) in [4.78, 5) is 28.3. The van der Waals surface area contributed by atoms with Gasteiger partial charge in [-0.3, -0.25) is 9.59 Å². The first-order chi connectivity index (χ1) is 22.5. The van der Waals surface area contributed by atoms with Crippen LogP contribution in [0.4, 0.5) is 0 Å². The molecule has 0 aromatic carbocycles. The van der Waals surface area contributed by atoms with E-state index >= 15 is 0 Å². The van der Waals surface area contributed by atoms with Gasteiger partial charge in [-0.25, -0.2) is 0 Å². The quantitative estimate of drug-likeness (QED) is 0.0586. The monoisotopic (exact) mass is 657 g/mol. The fourth-order valence-corrected chi connectivity index (χ4v) is 10.4. The summed E-state index contributed by atoms with van der Waals surface area (Å²) in [7, 11) is 0. The van der Waals surface area contributed by atoms with Crippen LogP contribution in [0.25, 0.3) is 0 Å². The third-order valence-corrected chi connectivity index (χ3v) is 13.2. The van der Waals surface area contributed by atoms with E-state index in [0.29, 0.717) is 43.4 Å². The van der Waals surface area contributed by atoms with E-state index in [9.17, 15) is 9.59 Å². The molecule has 0 spiro atoms. The summed E-state index contributed by atoms with van der Waals surface area (Å²) in [6, 6.07) is 0. The number of carbonyl (C=O) groups is 2. The second kappa shape index (κ2) is 18.0. The zero-order chi connectivity index (χ0) is 34.0. The molecule has 0 aromatic heterocycles. The molecule has 1 unspecified atom stereocenters. The van der Waals surface area contributed by atoms with Gasteiger partial charge in [0.25, 0.3) is 0 Å². The van der Waals surface area contributed by atoms with Crippen LogP contribution in [0, 0.1) is 46.3 Å². The topological polar surface area (TPSA) is 111 Å². The first kappa shape index (κ1) is 38.4. The lowest BCUT2D eigenvalue weighted by Gasteiger charge is -2.60. The summed E-state index contributed by atoms with van der Waals surface area (Å²) in [5, 5.41) is 3.40. The summed E-state index contributed by atoms with van der Waals surface area (Å²) in [6.07, 6.45) is 19.7. The molecule has 3 saturated carbocycles. The molecule has 4 rings (SSSR count). The Labute approximate surface area is 288 Å². The minimum absolute atomic E-state index is 0.125.